The van der Waals surface area contributed by atoms with Crippen LogP contribution in [-0.2, 0) is 29.8 Å². The number of fused-ring (bicyclic) bond motifs is 2. The van der Waals surface area contributed by atoms with Crippen LogP contribution >= 0.6 is 11.6 Å². The smallest absolute Gasteiger partial charge is 0.444 e. The molecule has 3 aliphatic heterocycles. The summed E-state index contributed by atoms with van der Waals surface area (Å²) in [6.45, 7) is 5.12. The number of rotatable bonds is 7. The molecule has 3 aromatic heterocycles. The molecule has 8 rings (SSSR count). The predicted octanol–water partition coefficient (Wildman–Crippen LogP) is 7.11. The van der Waals surface area contributed by atoms with Crippen molar-refractivity contribution in [1.29, 1.82) is 0 Å². The van der Waals surface area contributed by atoms with Gasteiger partial charge in [-0.15, -0.1) is 0 Å². The number of benzene rings is 2. The summed E-state index contributed by atoms with van der Waals surface area (Å²) in [6, 6.07) is 11.8. The number of hydrogen-bond acceptors (Lipinski definition) is 9. The highest BCUT2D eigenvalue weighted by Gasteiger charge is 2.43. The number of piperidine rings is 1. The summed E-state index contributed by atoms with van der Waals surface area (Å²) in [5.41, 5.74) is 2.74. The molecule has 5 aromatic rings. The summed E-state index contributed by atoms with van der Waals surface area (Å²) in [5, 5.41) is 3.76. The highest BCUT2D eigenvalue weighted by molar-refractivity contribution is 6.30. The second-order valence-electron chi connectivity index (χ2n) is 12.4. The van der Waals surface area contributed by atoms with Gasteiger partial charge in [-0.25, -0.2) is 9.37 Å². The minimum atomic E-state index is -4.75. The molecule has 15 heteroatoms. The molecule has 48 heavy (non-hydrogen) atoms. The number of alkyl halides is 3. The minimum Gasteiger partial charge on any atom is -0.444 e. The molecule has 0 saturated carbocycles. The Kier molecular flexibility index (Phi) is 7.57. The second-order valence-corrected chi connectivity index (χ2v) is 12.8. The van der Waals surface area contributed by atoms with Gasteiger partial charge in [-0.05, 0) is 68.6 Å². The zero-order chi connectivity index (χ0) is 33.2. The second kappa shape index (κ2) is 11.7. The van der Waals surface area contributed by atoms with Gasteiger partial charge in [0.1, 0.15) is 17.3 Å². The Hall–Kier alpha value is -4.27. The van der Waals surface area contributed by atoms with Crippen molar-refractivity contribution >= 4 is 22.6 Å². The van der Waals surface area contributed by atoms with Crippen molar-refractivity contribution < 1.29 is 36.3 Å². The van der Waals surface area contributed by atoms with Gasteiger partial charge in [-0.3, -0.25) is 9.88 Å². The number of halogens is 5. The van der Waals surface area contributed by atoms with E-state index in [-0.39, 0.29) is 29.1 Å². The van der Waals surface area contributed by atoms with E-state index in [1.807, 2.05) is 18.2 Å². The topological polar surface area (TPSA) is 101 Å². The zero-order valence-corrected chi connectivity index (χ0v) is 26.4. The third kappa shape index (κ3) is 5.65. The monoisotopic (exact) mass is 684 g/mol. The predicted molar refractivity (Wildman–Crippen MR) is 164 cm³/mol. The SMILES string of the molecule is CC1(c2ccc(Cl)cc2F)Oc2cccc(C3CCN(Cc4nc5cc(-c6noc(C(F)(F)F)n6)ncc5n4CC4CCO4)CC3)c2O1. The van der Waals surface area contributed by atoms with Crippen molar-refractivity contribution in [2.75, 3.05) is 19.7 Å². The molecule has 0 N–H and O–H groups in total. The zero-order valence-electron chi connectivity index (χ0n) is 25.6. The van der Waals surface area contributed by atoms with Crippen molar-refractivity contribution in [3.63, 3.8) is 0 Å². The Bertz CT molecular complexity index is 2010. The molecule has 0 bridgehead atoms. The molecule has 2 saturated heterocycles. The van der Waals surface area contributed by atoms with Crippen LogP contribution < -0.4 is 9.47 Å². The highest BCUT2D eigenvalue weighted by atomic mass is 35.5. The normalized spacial score (nSPS) is 21.6. The molecule has 2 aromatic carbocycles. The van der Waals surface area contributed by atoms with Gasteiger partial charge in [-0.1, -0.05) is 28.9 Å². The Morgan fingerprint density at radius 1 is 1.04 bits per heavy atom. The van der Waals surface area contributed by atoms with Crippen LogP contribution in [0, 0.1) is 5.82 Å². The van der Waals surface area contributed by atoms with E-state index in [4.69, 9.17) is 30.8 Å². The van der Waals surface area contributed by atoms with Crippen molar-refractivity contribution in [3.05, 3.63) is 82.3 Å². The maximum absolute atomic E-state index is 14.9. The van der Waals surface area contributed by atoms with E-state index in [1.165, 1.54) is 6.07 Å². The van der Waals surface area contributed by atoms with E-state index in [0.717, 1.165) is 49.3 Å². The summed E-state index contributed by atoms with van der Waals surface area (Å²) >= 11 is 5.97. The maximum atomic E-state index is 14.9. The molecule has 2 fully saturated rings. The third-order valence-corrected chi connectivity index (χ3v) is 9.45. The van der Waals surface area contributed by atoms with Crippen molar-refractivity contribution in [2.45, 2.75) is 63.3 Å². The van der Waals surface area contributed by atoms with Crippen LogP contribution in [0.3, 0.4) is 0 Å². The van der Waals surface area contributed by atoms with Crippen LogP contribution in [0.5, 0.6) is 11.5 Å². The number of hydrogen-bond donors (Lipinski definition) is 0. The van der Waals surface area contributed by atoms with Crippen molar-refractivity contribution in [2.24, 2.45) is 0 Å². The number of likely N-dealkylation sites (tertiary alicyclic amines) is 1. The first-order valence-electron chi connectivity index (χ1n) is 15.6. The summed E-state index contributed by atoms with van der Waals surface area (Å²) < 4.78 is 78.6. The summed E-state index contributed by atoms with van der Waals surface area (Å²) in [6.07, 6.45) is -0.495. The Balaban J connectivity index is 0.998. The van der Waals surface area contributed by atoms with Crippen LogP contribution in [0.25, 0.3) is 22.6 Å². The van der Waals surface area contributed by atoms with Gasteiger partial charge >= 0.3 is 12.1 Å². The van der Waals surface area contributed by atoms with Gasteiger partial charge in [0.05, 0.1) is 42.0 Å². The Morgan fingerprint density at radius 3 is 2.56 bits per heavy atom. The maximum Gasteiger partial charge on any atom is 0.471 e. The van der Waals surface area contributed by atoms with Gasteiger partial charge in [0, 0.05) is 24.1 Å². The molecular formula is C33H29ClF4N6O4. The van der Waals surface area contributed by atoms with E-state index in [0.29, 0.717) is 41.7 Å². The van der Waals surface area contributed by atoms with Crippen molar-refractivity contribution in [3.8, 4) is 23.0 Å². The molecule has 2 unspecified atom stereocenters. The van der Waals surface area contributed by atoms with Crippen LogP contribution in [0.4, 0.5) is 17.6 Å². The number of ether oxygens (including phenoxy) is 3. The largest absolute Gasteiger partial charge is 0.471 e. The quantitative estimate of drug-likeness (QED) is 0.166. The van der Waals surface area contributed by atoms with E-state index < -0.39 is 23.7 Å². The van der Waals surface area contributed by atoms with Gasteiger partial charge in [0.25, 0.3) is 5.79 Å². The molecular weight excluding hydrogens is 656 g/mol. The number of aromatic nitrogens is 5. The number of para-hydroxylation sites is 1. The first-order valence-corrected chi connectivity index (χ1v) is 16.0. The van der Waals surface area contributed by atoms with E-state index in [2.05, 4.69) is 29.1 Å². The number of imidazole rings is 1. The van der Waals surface area contributed by atoms with Crippen molar-refractivity contribution in [1.82, 2.24) is 29.6 Å². The highest BCUT2D eigenvalue weighted by Crippen LogP contribution is 2.50. The van der Waals surface area contributed by atoms with E-state index >= 15 is 0 Å². The first kappa shape index (κ1) is 31.0. The van der Waals surface area contributed by atoms with Crippen LogP contribution in [-0.4, -0.2) is 55.4 Å². The fraction of sp³-hybridized carbons (Fsp3) is 0.394. The van der Waals surface area contributed by atoms with E-state index in [1.54, 1.807) is 31.3 Å². The molecule has 3 aliphatic rings. The molecule has 0 radical (unpaired) electrons. The van der Waals surface area contributed by atoms with Gasteiger partial charge in [0.2, 0.25) is 5.82 Å². The lowest BCUT2D eigenvalue weighted by Gasteiger charge is -2.33. The molecule has 2 atom stereocenters. The first-order chi connectivity index (χ1) is 23.0. The fourth-order valence-electron chi connectivity index (χ4n) is 6.63. The van der Waals surface area contributed by atoms with Gasteiger partial charge < -0.3 is 23.3 Å². The number of pyridine rings is 1. The lowest BCUT2D eigenvalue weighted by atomic mass is 9.88. The fourth-order valence-corrected chi connectivity index (χ4v) is 6.79. The molecule has 6 heterocycles. The minimum absolute atomic E-state index is 0.0486. The average molecular weight is 685 g/mol. The van der Waals surface area contributed by atoms with E-state index in [9.17, 15) is 17.6 Å². The summed E-state index contributed by atoms with van der Waals surface area (Å²) in [5.74, 6) is -1.31. The molecule has 250 valence electrons. The lowest BCUT2D eigenvalue weighted by molar-refractivity contribution is -0.159. The van der Waals surface area contributed by atoms with Crippen LogP contribution in [0.15, 0.2) is 53.2 Å². The van der Waals surface area contributed by atoms with Crippen LogP contribution in [0.2, 0.25) is 5.02 Å². The lowest BCUT2D eigenvalue weighted by Crippen LogP contribution is -2.35. The Labute approximate surface area is 276 Å². The van der Waals surface area contributed by atoms with Gasteiger partial charge in [0.15, 0.2) is 11.5 Å². The standard InChI is InChI=1S/C33H29ClF4N6O4/c1-32(22-6-5-19(34)13-23(22)35)46-27-4-2-3-21(29(27)47-32)18-7-10-43(11-8-18)17-28-40-24-14-25(30-41-31(48-42-30)33(36,37)38)39-15-26(24)44(28)16-20-9-12-45-20/h2-6,13-15,18,20H,7-12,16-17H2,1H3. The average Bonchev–Trinajstić information content (AvgIpc) is 3.74. The number of nitrogens with zero attached hydrogens (tertiary/aromatic N) is 6. The summed E-state index contributed by atoms with van der Waals surface area (Å²) in [4.78, 5) is 15.0. The molecule has 10 nitrogen and oxygen atoms in total. The van der Waals surface area contributed by atoms with Gasteiger partial charge in [-0.2, -0.15) is 18.2 Å². The van der Waals surface area contributed by atoms with Crippen LogP contribution in [0.1, 0.15) is 54.9 Å². The summed E-state index contributed by atoms with van der Waals surface area (Å²) in [7, 11) is 0. The third-order valence-electron chi connectivity index (χ3n) is 9.21. The molecule has 0 amide bonds. The molecule has 0 aliphatic carbocycles. The Morgan fingerprint density at radius 2 is 1.85 bits per heavy atom. The molecule has 0 spiro atoms.